The number of carbonyl (C=O) groups excluding carboxylic acids is 3. The fourth-order valence-electron chi connectivity index (χ4n) is 6.94. The Morgan fingerprint density at radius 3 is 2.51 bits per heavy atom. The summed E-state index contributed by atoms with van der Waals surface area (Å²) in [7, 11) is 0. The van der Waals surface area contributed by atoms with E-state index >= 15 is 8.78 Å². The van der Waals surface area contributed by atoms with Crippen molar-refractivity contribution in [2.45, 2.75) is 56.7 Å². The van der Waals surface area contributed by atoms with Gasteiger partial charge in [-0.3, -0.25) is 29.5 Å². The first-order chi connectivity index (χ1) is 20.6. The summed E-state index contributed by atoms with van der Waals surface area (Å²) in [5.74, 6) is -3.74. The van der Waals surface area contributed by atoms with Gasteiger partial charge in [-0.25, -0.2) is 8.78 Å². The van der Waals surface area contributed by atoms with Crippen molar-refractivity contribution < 1.29 is 23.2 Å². The number of aryl methyl sites for hydroxylation is 1. The Morgan fingerprint density at radius 2 is 1.77 bits per heavy atom. The van der Waals surface area contributed by atoms with E-state index in [1.165, 1.54) is 4.90 Å². The van der Waals surface area contributed by atoms with Crippen molar-refractivity contribution in [1.29, 1.82) is 0 Å². The summed E-state index contributed by atoms with van der Waals surface area (Å²) in [6.07, 6.45) is 2.39. The minimum Gasteiger partial charge on any atom is -0.368 e. The molecule has 0 saturated carbocycles. The van der Waals surface area contributed by atoms with Gasteiger partial charge in [0.25, 0.3) is 11.8 Å². The number of piperidine rings is 2. The molecule has 3 saturated heterocycles. The minimum atomic E-state index is -2.80. The van der Waals surface area contributed by atoms with Gasteiger partial charge in [-0.2, -0.15) is 0 Å². The lowest BCUT2D eigenvalue weighted by molar-refractivity contribution is -0.137. The van der Waals surface area contributed by atoms with Crippen LogP contribution in [0.25, 0.3) is 0 Å². The number of nitrogens with one attached hydrogen (secondary N) is 1. The van der Waals surface area contributed by atoms with Crippen LogP contribution in [0.1, 0.15) is 47.2 Å². The zero-order valence-corrected chi connectivity index (χ0v) is 25.3. The summed E-state index contributed by atoms with van der Waals surface area (Å²) < 4.78 is 30.8. The van der Waals surface area contributed by atoms with Gasteiger partial charge >= 0.3 is 0 Å². The van der Waals surface area contributed by atoms with Crippen LogP contribution in [-0.4, -0.2) is 96.2 Å². The Kier molecular flexibility index (Phi) is 8.65. The smallest absolute Gasteiger partial charge is 0.275 e. The van der Waals surface area contributed by atoms with E-state index in [1.54, 1.807) is 12.1 Å². The molecule has 2 aromatic carbocycles. The van der Waals surface area contributed by atoms with Crippen molar-refractivity contribution >= 4 is 46.6 Å². The van der Waals surface area contributed by atoms with Crippen LogP contribution in [0.5, 0.6) is 0 Å². The first-order valence-corrected chi connectivity index (χ1v) is 15.7. The molecule has 3 amide bonds. The fourth-order valence-corrected chi connectivity index (χ4v) is 7.36. The largest absolute Gasteiger partial charge is 0.368 e. The van der Waals surface area contributed by atoms with Crippen LogP contribution in [0.15, 0.2) is 36.4 Å². The van der Waals surface area contributed by atoms with E-state index in [0.29, 0.717) is 80.7 Å². The molecule has 2 atom stereocenters. The third-order valence-electron chi connectivity index (χ3n) is 9.20. The number of hydrogen-bond acceptors (Lipinski definition) is 6. The van der Waals surface area contributed by atoms with Crippen LogP contribution in [0.3, 0.4) is 0 Å². The standard InChI is InChI=1S/C31H35Cl2F2N5O3/c32-23-4-1-5-24(28(23)33)38-13-15-39(16-14-38)26-10-12-37(19-31(26,34)35)11-2-3-20-6-7-22-21(17-20)18-40(30(22)43)25-8-9-27(41)36-29(25)42/h1,4-7,17,25-26H,2-3,8-16,18-19H2,(H,36,41,42). The molecule has 12 heteroatoms. The second-order valence-corrected chi connectivity index (χ2v) is 12.7. The van der Waals surface area contributed by atoms with Gasteiger partial charge in [-0.05, 0) is 61.6 Å². The Balaban J connectivity index is 0.980. The number of carbonyl (C=O) groups is 3. The number of piperazine rings is 1. The van der Waals surface area contributed by atoms with Gasteiger partial charge in [0.05, 0.1) is 28.3 Å². The van der Waals surface area contributed by atoms with Gasteiger partial charge in [-0.1, -0.05) is 41.4 Å². The highest BCUT2D eigenvalue weighted by Crippen LogP contribution is 2.36. The summed E-state index contributed by atoms with van der Waals surface area (Å²) in [5, 5.41) is 3.31. The summed E-state index contributed by atoms with van der Waals surface area (Å²) in [6, 6.07) is 9.76. The number of hydrogen-bond donors (Lipinski definition) is 1. The zero-order chi connectivity index (χ0) is 30.3. The Hall–Kier alpha value is -2.79. The third-order valence-corrected chi connectivity index (χ3v) is 10.0. The number of fused-ring (bicyclic) bond motifs is 1. The Labute approximate surface area is 259 Å². The molecule has 230 valence electrons. The molecule has 4 heterocycles. The lowest BCUT2D eigenvalue weighted by Gasteiger charge is -2.46. The molecule has 43 heavy (non-hydrogen) atoms. The molecule has 8 nitrogen and oxygen atoms in total. The van der Waals surface area contributed by atoms with Gasteiger partial charge in [-0.15, -0.1) is 0 Å². The summed E-state index contributed by atoms with van der Waals surface area (Å²) in [5.41, 5.74) is 3.32. The average molecular weight is 635 g/mol. The number of likely N-dealkylation sites (tertiary alicyclic amines) is 1. The highest BCUT2D eigenvalue weighted by molar-refractivity contribution is 6.43. The molecule has 4 aliphatic heterocycles. The van der Waals surface area contributed by atoms with E-state index in [-0.39, 0.29) is 24.8 Å². The minimum absolute atomic E-state index is 0.198. The second-order valence-electron chi connectivity index (χ2n) is 11.9. The molecule has 3 fully saturated rings. The second kappa shape index (κ2) is 12.3. The number of rotatable bonds is 7. The lowest BCUT2D eigenvalue weighted by atomic mass is 9.97. The Bertz CT molecular complexity index is 1420. The average Bonchev–Trinajstić information content (AvgIpc) is 3.29. The number of anilines is 1. The van der Waals surface area contributed by atoms with Crippen molar-refractivity contribution in [3.63, 3.8) is 0 Å². The van der Waals surface area contributed by atoms with Gasteiger partial charge in [0.2, 0.25) is 11.8 Å². The monoisotopic (exact) mass is 633 g/mol. The predicted octanol–water partition coefficient (Wildman–Crippen LogP) is 4.22. The van der Waals surface area contributed by atoms with E-state index in [4.69, 9.17) is 23.2 Å². The number of imide groups is 1. The molecule has 0 aromatic heterocycles. The molecule has 1 N–H and O–H groups in total. The maximum atomic E-state index is 15.4. The number of halogens is 4. The maximum absolute atomic E-state index is 15.4. The molecule has 2 aromatic rings. The zero-order valence-electron chi connectivity index (χ0n) is 23.8. The van der Waals surface area contributed by atoms with Crippen molar-refractivity contribution in [2.75, 3.05) is 50.7 Å². The summed E-state index contributed by atoms with van der Waals surface area (Å²) in [4.78, 5) is 44.2. The highest BCUT2D eigenvalue weighted by Gasteiger charge is 2.47. The number of nitrogens with zero attached hydrogens (tertiary/aromatic N) is 4. The van der Waals surface area contributed by atoms with Crippen molar-refractivity contribution in [3.05, 3.63) is 63.1 Å². The fraction of sp³-hybridized carbons (Fsp3) is 0.516. The van der Waals surface area contributed by atoms with Gasteiger partial charge in [0.15, 0.2) is 0 Å². The van der Waals surface area contributed by atoms with Crippen LogP contribution in [0.4, 0.5) is 14.5 Å². The van der Waals surface area contributed by atoms with Gasteiger partial charge in [0, 0.05) is 51.3 Å². The number of alkyl halides is 2. The third kappa shape index (κ3) is 6.25. The maximum Gasteiger partial charge on any atom is 0.275 e. The predicted molar refractivity (Wildman–Crippen MR) is 161 cm³/mol. The van der Waals surface area contributed by atoms with E-state index in [9.17, 15) is 14.4 Å². The van der Waals surface area contributed by atoms with Crippen molar-refractivity contribution in [1.82, 2.24) is 20.0 Å². The van der Waals surface area contributed by atoms with E-state index in [1.807, 2.05) is 34.1 Å². The molecular formula is C31H35Cl2F2N5O3. The quantitative estimate of drug-likeness (QED) is 0.460. The van der Waals surface area contributed by atoms with Gasteiger partial charge in [0.1, 0.15) is 6.04 Å². The van der Waals surface area contributed by atoms with Crippen LogP contribution in [0.2, 0.25) is 10.0 Å². The molecule has 0 aliphatic carbocycles. The number of amides is 3. The molecule has 6 rings (SSSR count). The van der Waals surface area contributed by atoms with Crippen molar-refractivity contribution in [3.8, 4) is 0 Å². The molecule has 4 aliphatic rings. The van der Waals surface area contributed by atoms with Crippen LogP contribution in [0, 0.1) is 0 Å². The van der Waals surface area contributed by atoms with Crippen molar-refractivity contribution in [2.24, 2.45) is 0 Å². The summed E-state index contributed by atoms with van der Waals surface area (Å²) in [6.45, 7) is 3.60. The normalized spacial score (nSPS) is 24.8. The summed E-state index contributed by atoms with van der Waals surface area (Å²) >= 11 is 12.5. The lowest BCUT2D eigenvalue weighted by Crippen LogP contribution is -2.62. The van der Waals surface area contributed by atoms with E-state index < -0.39 is 23.9 Å². The first kappa shape index (κ1) is 30.2. The topological polar surface area (TPSA) is 76.2 Å². The molecular weight excluding hydrogens is 599 g/mol. The molecule has 0 bridgehead atoms. The molecule has 2 unspecified atom stereocenters. The van der Waals surface area contributed by atoms with Crippen LogP contribution >= 0.6 is 23.2 Å². The SMILES string of the molecule is O=C1CCC(N2Cc3cc(CCCN4CCC(N5CCN(c6cccc(Cl)c6Cl)CC5)C(F)(F)C4)ccc3C2=O)C(=O)N1. The van der Waals surface area contributed by atoms with E-state index in [2.05, 4.69) is 10.2 Å². The van der Waals surface area contributed by atoms with E-state index in [0.717, 1.165) is 23.2 Å². The first-order valence-electron chi connectivity index (χ1n) is 14.9. The van der Waals surface area contributed by atoms with Crippen LogP contribution < -0.4 is 10.2 Å². The Morgan fingerprint density at radius 1 is 0.977 bits per heavy atom. The van der Waals surface area contributed by atoms with Crippen LogP contribution in [-0.2, 0) is 22.6 Å². The molecule has 0 radical (unpaired) electrons. The molecule has 0 spiro atoms. The number of benzene rings is 2. The van der Waals surface area contributed by atoms with Gasteiger partial charge < -0.3 is 9.80 Å². The highest BCUT2D eigenvalue weighted by atomic mass is 35.5.